The van der Waals surface area contributed by atoms with Gasteiger partial charge in [0.05, 0.1) is 5.02 Å². The highest BCUT2D eigenvalue weighted by Gasteiger charge is 2.28. The van der Waals surface area contributed by atoms with Crippen molar-refractivity contribution in [3.05, 3.63) is 92.9 Å². The molecule has 5 nitrogen and oxygen atoms in total. The van der Waals surface area contributed by atoms with E-state index in [2.05, 4.69) is 10.0 Å². The zero-order chi connectivity index (χ0) is 22.6. The lowest BCUT2D eigenvalue weighted by Crippen LogP contribution is -2.45. The maximum Gasteiger partial charge on any atom is 0.242 e. The van der Waals surface area contributed by atoms with E-state index >= 15 is 0 Å². The van der Waals surface area contributed by atoms with Crippen LogP contribution in [0.25, 0.3) is 0 Å². The molecule has 0 unspecified atom stereocenters. The van der Waals surface area contributed by atoms with Gasteiger partial charge in [0.15, 0.2) is 0 Å². The number of benzene rings is 3. The number of aryl methyl sites for hydroxylation is 1. The average molecular weight is 498 g/mol. The first kappa shape index (κ1) is 23.6. The van der Waals surface area contributed by atoms with E-state index in [1.54, 1.807) is 18.2 Å². The second kappa shape index (κ2) is 10.0. The number of halogens is 3. The molecule has 3 rings (SSSR count). The van der Waals surface area contributed by atoms with E-state index in [-0.39, 0.29) is 21.4 Å². The first-order chi connectivity index (χ1) is 14.7. The van der Waals surface area contributed by atoms with Crippen molar-refractivity contribution < 1.29 is 13.2 Å². The molecule has 3 aromatic carbocycles. The van der Waals surface area contributed by atoms with Gasteiger partial charge in [0.1, 0.15) is 10.9 Å². The van der Waals surface area contributed by atoms with Crippen LogP contribution in [-0.2, 0) is 21.2 Å². The third kappa shape index (κ3) is 6.21. The molecule has 0 fully saturated rings. The molecule has 162 valence electrons. The van der Waals surface area contributed by atoms with Crippen LogP contribution < -0.4 is 10.0 Å². The molecule has 0 aliphatic rings. The summed E-state index contributed by atoms with van der Waals surface area (Å²) < 4.78 is 28.5. The molecule has 0 heterocycles. The molecule has 0 saturated heterocycles. The highest BCUT2D eigenvalue weighted by Crippen LogP contribution is 2.26. The van der Waals surface area contributed by atoms with Gasteiger partial charge in [-0.3, -0.25) is 4.79 Å². The number of nitrogens with one attached hydrogen (secondary N) is 2. The van der Waals surface area contributed by atoms with Gasteiger partial charge in [0.2, 0.25) is 15.9 Å². The van der Waals surface area contributed by atoms with Crippen LogP contribution in [0.1, 0.15) is 11.1 Å². The smallest absolute Gasteiger partial charge is 0.242 e. The highest BCUT2D eigenvalue weighted by atomic mass is 35.5. The van der Waals surface area contributed by atoms with Gasteiger partial charge in [-0.25, -0.2) is 8.42 Å². The molecule has 0 aliphatic carbocycles. The summed E-state index contributed by atoms with van der Waals surface area (Å²) in [5, 5.41) is 3.42. The minimum atomic E-state index is -4.14. The molecular weight excluding hydrogens is 479 g/mol. The molecule has 2 N–H and O–H groups in total. The number of carbonyl (C=O) groups is 1. The van der Waals surface area contributed by atoms with Crippen LogP contribution in [0.3, 0.4) is 0 Å². The molecule has 0 aromatic heterocycles. The SMILES string of the molecule is Cc1ccc(NC(=O)[C@@H](Cc2ccccc2)NS(=O)(=O)c2cc(Cl)ccc2Cl)cc1Cl. The van der Waals surface area contributed by atoms with E-state index in [0.29, 0.717) is 10.7 Å². The van der Waals surface area contributed by atoms with Crippen LogP contribution in [0.2, 0.25) is 15.1 Å². The molecule has 0 bridgehead atoms. The predicted molar refractivity (Wildman–Crippen MR) is 126 cm³/mol. The third-order valence-electron chi connectivity index (χ3n) is 4.52. The summed E-state index contributed by atoms with van der Waals surface area (Å²) >= 11 is 18.2. The number of anilines is 1. The second-order valence-corrected chi connectivity index (χ2v) is 9.82. The van der Waals surface area contributed by atoms with Crippen LogP contribution >= 0.6 is 34.8 Å². The molecule has 0 aliphatic heterocycles. The molecule has 0 saturated carbocycles. The standard InChI is InChI=1S/C22H19Cl3N2O3S/c1-14-7-9-17(13-19(14)25)26-22(28)20(11-15-5-3-2-4-6-15)27-31(29,30)21-12-16(23)8-10-18(21)24/h2-10,12-13,20,27H,11H2,1H3,(H,26,28)/t20-/m1/s1. The van der Waals surface area contributed by atoms with Crippen molar-refractivity contribution in [3.8, 4) is 0 Å². The number of hydrogen-bond acceptors (Lipinski definition) is 3. The van der Waals surface area contributed by atoms with Crippen molar-refractivity contribution in [2.45, 2.75) is 24.3 Å². The van der Waals surface area contributed by atoms with Crippen LogP contribution in [0, 0.1) is 6.92 Å². The molecule has 0 spiro atoms. The maximum absolute atomic E-state index is 13.0. The van der Waals surface area contributed by atoms with E-state index in [1.807, 2.05) is 37.3 Å². The van der Waals surface area contributed by atoms with E-state index in [0.717, 1.165) is 11.1 Å². The van der Waals surface area contributed by atoms with Gasteiger partial charge in [-0.05, 0) is 54.8 Å². The number of rotatable bonds is 7. The fraction of sp³-hybridized carbons (Fsp3) is 0.136. The Morgan fingerprint density at radius 2 is 1.65 bits per heavy atom. The van der Waals surface area contributed by atoms with Crippen LogP contribution in [0.4, 0.5) is 5.69 Å². The number of hydrogen-bond donors (Lipinski definition) is 2. The summed E-state index contributed by atoms with van der Waals surface area (Å²) in [6.07, 6.45) is 0.129. The zero-order valence-corrected chi connectivity index (χ0v) is 19.5. The Morgan fingerprint density at radius 3 is 2.32 bits per heavy atom. The van der Waals surface area contributed by atoms with Gasteiger partial charge in [0, 0.05) is 15.7 Å². The van der Waals surface area contributed by atoms with Gasteiger partial charge >= 0.3 is 0 Å². The summed E-state index contributed by atoms with van der Waals surface area (Å²) in [7, 11) is -4.14. The Labute approximate surface area is 196 Å². The van der Waals surface area contributed by atoms with Crippen LogP contribution in [0.15, 0.2) is 71.6 Å². The fourth-order valence-electron chi connectivity index (χ4n) is 2.87. The summed E-state index contributed by atoms with van der Waals surface area (Å²) in [5.74, 6) is -0.537. The van der Waals surface area contributed by atoms with E-state index in [9.17, 15) is 13.2 Å². The molecule has 1 amide bonds. The predicted octanol–water partition coefficient (Wildman–Crippen LogP) is 5.48. The van der Waals surface area contributed by atoms with E-state index in [4.69, 9.17) is 34.8 Å². The minimum absolute atomic E-state index is 0.00101. The lowest BCUT2D eigenvalue weighted by atomic mass is 10.1. The van der Waals surface area contributed by atoms with Crippen molar-refractivity contribution in [2.24, 2.45) is 0 Å². The summed E-state index contributed by atoms with van der Waals surface area (Å²) in [4.78, 5) is 12.8. The normalized spacial score (nSPS) is 12.4. The first-order valence-corrected chi connectivity index (χ1v) is 11.9. The Bertz CT molecular complexity index is 1200. The average Bonchev–Trinajstić information content (AvgIpc) is 2.72. The Hall–Kier alpha value is -2.09. The monoisotopic (exact) mass is 496 g/mol. The lowest BCUT2D eigenvalue weighted by Gasteiger charge is -2.19. The Kier molecular flexibility index (Phi) is 7.62. The molecule has 0 radical (unpaired) electrons. The first-order valence-electron chi connectivity index (χ1n) is 9.24. The largest absolute Gasteiger partial charge is 0.325 e. The molecular formula is C22H19Cl3N2O3S. The fourth-order valence-corrected chi connectivity index (χ4v) is 5.01. The van der Waals surface area contributed by atoms with Crippen molar-refractivity contribution in [2.75, 3.05) is 5.32 Å². The van der Waals surface area contributed by atoms with Gasteiger partial charge in [-0.2, -0.15) is 4.72 Å². The van der Waals surface area contributed by atoms with Gasteiger partial charge in [-0.15, -0.1) is 0 Å². The Morgan fingerprint density at radius 1 is 0.935 bits per heavy atom. The van der Waals surface area contributed by atoms with Crippen molar-refractivity contribution in [3.63, 3.8) is 0 Å². The van der Waals surface area contributed by atoms with Gasteiger partial charge in [0.25, 0.3) is 0 Å². The molecule has 1 atom stereocenters. The topological polar surface area (TPSA) is 75.3 Å². The summed E-state index contributed by atoms with van der Waals surface area (Å²) in [6, 6.07) is 17.1. The highest BCUT2D eigenvalue weighted by molar-refractivity contribution is 7.89. The van der Waals surface area contributed by atoms with Gasteiger partial charge in [-0.1, -0.05) is 71.2 Å². The molecule has 3 aromatic rings. The quantitative estimate of drug-likeness (QED) is 0.454. The Balaban J connectivity index is 1.91. The maximum atomic E-state index is 13.0. The molecule has 31 heavy (non-hydrogen) atoms. The van der Waals surface area contributed by atoms with E-state index in [1.165, 1.54) is 18.2 Å². The molecule has 9 heteroatoms. The number of amides is 1. The second-order valence-electron chi connectivity index (χ2n) is 6.89. The number of sulfonamides is 1. The number of carbonyl (C=O) groups excluding carboxylic acids is 1. The van der Waals surface area contributed by atoms with Crippen molar-refractivity contribution in [1.82, 2.24) is 4.72 Å². The lowest BCUT2D eigenvalue weighted by molar-refractivity contribution is -0.117. The van der Waals surface area contributed by atoms with Gasteiger partial charge < -0.3 is 5.32 Å². The van der Waals surface area contributed by atoms with Crippen LogP contribution in [-0.4, -0.2) is 20.4 Å². The van der Waals surface area contributed by atoms with Crippen molar-refractivity contribution >= 4 is 56.4 Å². The summed E-state index contributed by atoms with van der Waals surface area (Å²) in [6.45, 7) is 1.84. The van der Waals surface area contributed by atoms with Crippen molar-refractivity contribution in [1.29, 1.82) is 0 Å². The van der Waals surface area contributed by atoms with E-state index < -0.39 is 22.0 Å². The minimum Gasteiger partial charge on any atom is -0.325 e. The third-order valence-corrected chi connectivity index (χ3v) is 7.11. The summed E-state index contributed by atoms with van der Waals surface area (Å²) in [5.41, 5.74) is 2.10. The zero-order valence-electron chi connectivity index (χ0n) is 16.4. The van der Waals surface area contributed by atoms with Crippen LogP contribution in [0.5, 0.6) is 0 Å².